The van der Waals surface area contributed by atoms with E-state index in [4.69, 9.17) is 9.94 Å². The molecule has 0 aromatic carbocycles. The SMILES string of the molecule is CNc1ccc(C2CN(N(CCCCC(=O)NO)c3cc4ncncc4s3)CCO2)cn1. The highest BCUT2D eigenvalue weighted by molar-refractivity contribution is 7.22. The molecule has 1 aliphatic heterocycles. The number of aromatic nitrogens is 3. The fourth-order valence-electron chi connectivity index (χ4n) is 3.69. The van der Waals surface area contributed by atoms with Crippen molar-refractivity contribution in [3.05, 3.63) is 42.5 Å². The Kier molecular flexibility index (Phi) is 7.43. The number of carbonyl (C=O) groups is 1. The van der Waals surface area contributed by atoms with Crippen molar-refractivity contribution < 1.29 is 14.7 Å². The van der Waals surface area contributed by atoms with E-state index in [1.54, 1.807) is 23.1 Å². The lowest BCUT2D eigenvalue weighted by Gasteiger charge is -2.41. The van der Waals surface area contributed by atoms with Gasteiger partial charge in [-0.05, 0) is 18.9 Å². The molecule has 1 aliphatic rings. The Balaban J connectivity index is 1.51. The largest absolute Gasteiger partial charge is 0.373 e. The molecule has 1 atom stereocenters. The van der Waals surface area contributed by atoms with Gasteiger partial charge in [-0.25, -0.2) is 25.4 Å². The van der Waals surface area contributed by atoms with Gasteiger partial charge in [0.05, 0.1) is 22.9 Å². The standard InChI is InChI=1S/C21H27N7O3S/c1-22-19-6-5-15(11-24-19)17-13-27(8-9-31-17)28(7-3-2-4-20(29)26-30)21-10-16-18(32-21)12-23-14-25-16/h5-6,10-12,14,17,30H,2-4,7-9,13H2,1H3,(H,22,24)(H,26,29). The van der Waals surface area contributed by atoms with E-state index in [1.807, 2.05) is 31.6 Å². The van der Waals surface area contributed by atoms with E-state index in [0.29, 0.717) is 19.6 Å². The summed E-state index contributed by atoms with van der Waals surface area (Å²) < 4.78 is 7.09. The van der Waals surface area contributed by atoms with Gasteiger partial charge in [0.15, 0.2) is 0 Å². The van der Waals surface area contributed by atoms with Crippen LogP contribution in [-0.4, -0.2) is 64.4 Å². The molecule has 4 rings (SSSR count). The molecule has 1 saturated heterocycles. The number of ether oxygens (including phenoxy) is 1. The van der Waals surface area contributed by atoms with Crippen LogP contribution in [0.5, 0.6) is 0 Å². The number of unbranched alkanes of at least 4 members (excludes halogenated alkanes) is 1. The van der Waals surface area contributed by atoms with Gasteiger partial charge in [-0.3, -0.25) is 15.0 Å². The van der Waals surface area contributed by atoms with Crippen molar-refractivity contribution in [2.75, 3.05) is 43.6 Å². The Labute approximate surface area is 190 Å². The molecular weight excluding hydrogens is 430 g/mol. The predicted molar refractivity (Wildman–Crippen MR) is 123 cm³/mol. The van der Waals surface area contributed by atoms with E-state index >= 15 is 0 Å². The molecule has 0 saturated carbocycles. The van der Waals surface area contributed by atoms with Gasteiger partial charge in [0.2, 0.25) is 5.91 Å². The number of anilines is 2. The average molecular weight is 458 g/mol. The topological polar surface area (TPSA) is 116 Å². The van der Waals surface area contributed by atoms with Crippen molar-refractivity contribution in [3.63, 3.8) is 0 Å². The van der Waals surface area contributed by atoms with E-state index < -0.39 is 0 Å². The zero-order valence-electron chi connectivity index (χ0n) is 17.9. The molecule has 1 unspecified atom stereocenters. The number of nitrogens with one attached hydrogen (secondary N) is 2. The summed E-state index contributed by atoms with van der Waals surface area (Å²) in [4.78, 5) is 24.3. The number of hydroxylamine groups is 1. The monoisotopic (exact) mass is 457 g/mol. The molecule has 1 fully saturated rings. The first-order valence-corrected chi connectivity index (χ1v) is 11.4. The molecule has 10 nitrogen and oxygen atoms in total. The van der Waals surface area contributed by atoms with Crippen LogP contribution in [0.15, 0.2) is 36.9 Å². The second-order valence-corrected chi connectivity index (χ2v) is 8.53. The Morgan fingerprint density at radius 3 is 3.00 bits per heavy atom. The molecule has 32 heavy (non-hydrogen) atoms. The van der Waals surface area contributed by atoms with E-state index in [2.05, 4.69) is 36.4 Å². The van der Waals surface area contributed by atoms with E-state index in [0.717, 1.165) is 46.1 Å². The highest BCUT2D eigenvalue weighted by atomic mass is 32.1. The fourth-order valence-corrected chi connectivity index (χ4v) is 4.73. The number of thiophene rings is 1. The minimum Gasteiger partial charge on any atom is -0.373 e. The molecule has 3 aromatic heterocycles. The van der Waals surface area contributed by atoms with Crippen LogP contribution in [0.25, 0.3) is 10.2 Å². The van der Waals surface area contributed by atoms with Crippen molar-refractivity contribution >= 4 is 38.3 Å². The van der Waals surface area contributed by atoms with E-state index in [-0.39, 0.29) is 18.4 Å². The fraction of sp³-hybridized carbons (Fsp3) is 0.429. The number of amides is 1. The minimum atomic E-state index is -0.363. The highest BCUT2D eigenvalue weighted by Gasteiger charge is 2.27. The molecule has 0 aliphatic carbocycles. The van der Waals surface area contributed by atoms with Crippen molar-refractivity contribution in [1.82, 2.24) is 25.4 Å². The first-order chi connectivity index (χ1) is 15.7. The van der Waals surface area contributed by atoms with Gasteiger partial charge in [0, 0.05) is 57.1 Å². The molecular formula is C21H27N7O3S. The predicted octanol–water partition coefficient (Wildman–Crippen LogP) is 2.60. The molecule has 11 heteroatoms. The summed E-state index contributed by atoms with van der Waals surface area (Å²) in [6.07, 6.45) is 6.93. The first-order valence-electron chi connectivity index (χ1n) is 10.6. The Morgan fingerprint density at radius 2 is 2.25 bits per heavy atom. The number of fused-ring (bicyclic) bond motifs is 1. The van der Waals surface area contributed by atoms with Crippen molar-refractivity contribution in [2.45, 2.75) is 25.4 Å². The lowest BCUT2D eigenvalue weighted by atomic mass is 10.1. The smallest absolute Gasteiger partial charge is 0.243 e. The quantitative estimate of drug-likeness (QED) is 0.253. The summed E-state index contributed by atoms with van der Waals surface area (Å²) in [6.45, 7) is 2.79. The summed E-state index contributed by atoms with van der Waals surface area (Å²) in [6, 6.07) is 6.07. The number of hydrogen-bond acceptors (Lipinski definition) is 10. The number of hydrogen-bond donors (Lipinski definition) is 3. The number of rotatable bonds is 9. The molecule has 0 bridgehead atoms. The zero-order chi connectivity index (χ0) is 22.3. The van der Waals surface area contributed by atoms with Crippen LogP contribution in [0.2, 0.25) is 0 Å². The summed E-state index contributed by atoms with van der Waals surface area (Å²) in [5, 5.41) is 17.4. The molecule has 3 N–H and O–H groups in total. The second kappa shape index (κ2) is 10.6. The first kappa shape index (κ1) is 22.3. The maximum atomic E-state index is 11.4. The maximum Gasteiger partial charge on any atom is 0.243 e. The van der Waals surface area contributed by atoms with E-state index in [1.165, 1.54) is 0 Å². The Morgan fingerprint density at radius 1 is 1.34 bits per heavy atom. The molecule has 0 spiro atoms. The van der Waals surface area contributed by atoms with Crippen molar-refractivity contribution in [2.24, 2.45) is 0 Å². The highest BCUT2D eigenvalue weighted by Crippen LogP contribution is 2.34. The zero-order valence-corrected chi connectivity index (χ0v) is 18.7. The second-order valence-electron chi connectivity index (χ2n) is 7.47. The van der Waals surface area contributed by atoms with Crippen LogP contribution in [0.4, 0.5) is 10.8 Å². The molecule has 0 radical (unpaired) electrons. The van der Waals surface area contributed by atoms with Gasteiger partial charge >= 0.3 is 0 Å². The number of morpholine rings is 1. The summed E-state index contributed by atoms with van der Waals surface area (Å²) in [5.41, 5.74) is 3.65. The normalized spacial score (nSPS) is 16.8. The third-order valence-corrected chi connectivity index (χ3v) is 6.46. The molecule has 3 aromatic rings. The van der Waals surface area contributed by atoms with Gasteiger partial charge in [0.25, 0.3) is 0 Å². The summed E-state index contributed by atoms with van der Waals surface area (Å²) in [7, 11) is 1.85. The van der Waals surface area contributed by atoms with Crippen LogP contribution in [-0.2, 0) is 9.53 Å². The number of hydrazine groups is 1. The van der Waals surface area contributed by atoms with Gasteiger partial charge in [-0.15, -0.1) is 11.3 Å². The van der Waals surface area contributed by atoms with Gasteiger partial charge in [-0.1, -0.05) is 6.07 Å². The molecule has 1 amide bonds. The maximum absolute atomic E-state index is 11.4. The minimum absolute atomic E-state index is 0.0843. The summed E-state index contributed by atoms with van der Waals surface area (Å²) >= 11 is 1.65. The average Bonchev–Trinajstić information content (AvgIpc) is 3.27. The Bertz CT molecular complexity index is 997. The summed E-state index contributed by atoms with van der Waals surface area (Å²) in [5.74, 6) is 0.457. The lowest BCUT2D eigenvalue weighted by Crippen LogP contribution is -2.50. The van der Waals surface area contributed by atoms with Gasteiger partial charge < -0.3 is 10.1 Å². The molecule has 4 heterocycles. The van der Waals surface area contributed by atoms with Gasteiger partial charge in [-0.2, -0.15) is 0 Å². The van der Waals surface area contributed by atoms with Crippen LogP contribution >= 0.6 is 11.3 Å². The third-order valence-electron chi connectivity index (χ3n) is 5.39. The van der Waals surface area contributed by atoms with Crippen LogP contribution < -0.4 is 15.8 Å². The number of nitrogens with zero attached hydrogens (tertiary/aromatic N) is 5. The van der Waals surface area contributed by atoms with Crippen molar-refractivity contribution in [1.29, 1.82) is 0 Å². The van der Waals surface area contributed by atoms with Crippen LogP contribution in [0, 0.1) is 0 Å². The van der Waals surface area contributed by atoms with Crippen molar-refractivity contribution in [3.8, 4) is 0 Å². The van der Waals surface area contributed by atoms with Crippen LogP contribution in [0.3, 0.4) is 0 Å². The third kappa shape index (κ3) is 5.30. The molecule has 170 valence electrons. The number of carbonyl (C=O) groups excluding carboxylic acids is 1. The van der Waals surface area contributed by atoms with Gasteiger partial charge in [0.1, 0.15) is 17.1 Å². The number of pyridine rings is 1. The Hall–Kier alpha value is -2.86. The lowest BCUT2D eigenvalue weighted by molar-refractivity contribution is -0.129. The van der Waals surface area contributed by atoms with Crippen LogP contribution in [0.1, 0.15) is 30.9 Å². The van der Waals surface area contributed by atoms with E-state index in [9.17, 15) is 4.79 Å².